The van der Waals surface area contributed by atoms with Crippen molar-refractivity contribution in [2.24, 2.45) is 0 Å². The van der Waals surface area contributed by atoms with Gasteiger partial charge in [-0.25, -0.2) is 9.18 Å². The molecule has 1 unspecified atom stereocenters. The van der Waals surface area contributed by atoms with Gasteiger partial charge in [0.25, 0.3) is 5.91 Å². The molecule has 1 saturated heterocycles. The minimum atomic E-state index is -0.562. The summed E-state index contributed by atoms with van der Waals surface area (Å²) >= 11 is 0. The Morgan fingerprint density at radius 1 is 1.29 bits per heavy atom. The summed E-state index contributed by atoms with van der Waals surface area (Å²) in [5.41, 5.74) is -0.00241. The molecule has 0 aliphatic carbocycles. The Labute approximate surface area is 141 Å². The van der Waals surface area contributed by atoms with Crippen LogP contribution >= 0.6 is 0 Å². The SMILES string of the molecule is CCN(CC1CCCO1)C(=O)NCCNC(=O)c1ccccc1F. The fourth-order valence-corrected chi connectivity index (χ4v) is 2.59. The van der Waals surface area contributed by atoms with Crippen LogP contribution in [0, 0.1) is 5.82 Å². The lowest BCUT2D eigenvalue weighted by Gasteiger charge is -2.24. The molecule has 0 bridgehead atoms. The Balaban J connectivity index is 1.69. The topological polar surface area (TPSA) is 70.7 Å². The molecule has 0 aromatic heterocycles. The number of amides is 3. The Kier molecular flexibility index (Phi) is 6.99. The quantitative estimate of drug-likeness (QED) is 0.745. The van der Waals surface area contributed by atoms with Gasteiger partial charge in [-0.3, -0.25) is 4.79 Å². The second-order valence-electron chi connectivity index (χ2n) is 5.64. The maximum absolute atomic E-state index is 13.5. The van der Waals surface area contributed by atoms with E-state index in [0.29, 0.717) is 13.1 Å². The molecule has 132 valence electrons. The van der Waals surface area contributed by atoms with Crippen molar-refractivity contribution in [1.82, 2.24) is 15.5 Å². The minimum Gasteiger partial charge on any atom is -0.376 e. The van der Waals surface area contributed by atoms with Crippen LogP contribution in [-0.4, -0.2) is 55.7 Å². The summed E-state index contributed by atoms with van der Waals surface area (Å²) in [5.74, 6) is -1.05. The highest BCUT2D eigenvalue weighted by Gasteiger charge is 2.21. The molecule has 1 aliphatic rings. The lowest BCUT2D eigenvalue weighted by atomic mass is 10.2. The zero-order valence-corrected chi connectivity index (χ0v) is 13.9. The molecular formula is C17H24FN3O3. The highest BCUT2D eigenvalue weighted by molar-refractivity contribution is 5.94. The molecule has 24 heavy (non-hydrogen) atoms. The van der Waals surface area contributed by atoms with Gasteiger partial charge in [0.05, 0.1) is 11.7 Å². The smallest absolute Gasteiger partial charge is 0.317 e. The van der Waals surface area contributed by atoms with E-state index < -0.39 is 11.7 Å². The first kappa shape index (κ1) is 18.2. The van der Waals surface area contributed by atoms with Gasteiger partial charge in [0.15, 0.2) is 0 Å². The summed E-state index contributed by atoms with van der Waals surface area (Å²) in [4.78, 5) is 25.6. The van der Waals surface area contributed by atoms with Gasteiger partial charge in [0.2, 0.25) is 0 Å². The van der Waals surface area contributed by atoms with E-state index in [1.807, 2.05) is 6.92 Å². The molecule has 1 atom stereocenters. The van der Waals surface area contributed by atoms with Crippen LogP contribution in [0.15, 0.2) is 24.3 Å². The van der Waals surface area contributed by atoms with E-state index >= 15 is 0 Å². The van der Waals surface area contributed by atoms with Crippen LogP contribution in [0.3, 0.4) is 0 Å². The summed E-state index contributed by atoms with van der Waals surface area (Å²) in [5, 5.41) is 5.34. The summed E-state index contributed by atoms with van der Waals surface area (Å²) in [6.07, 6.45) is 2.12. The molecule has 3 amide bonds. The summed E-state index contributed by atoms with van der Waals surface area (Å²) < 4.78 is 19.0. The van der Waals surface area contributed by atoms with Crippen molar-refractivity contribution in [3.63, 3.8) is 0 Å². The van der Waals surface area contributed by atoms with Crippen molar-refractivity contribution in [2.45, 2.75) is 25.9 Å². The Hall–Kier alpha value is -2.15. The molecule has 1 fully saturated rings. The number of hydrogen-bond acceptors (Lipinski definition) is 3. The fourth-order valence-electron chi connectivity index (χ4n) is 2.59. The van der Waals surface area contributed by atoms with E-state index in [1.165, 1.54) is 18.2 Å². The lowest BCUT2D eigenvalue weighted by molar-refractivity contribution is 0.0826. The number of halogens is 1. The van der Waals surface area contributed by atoms with Crippen molar-refractivity contribution in [3.8, 4) is 0 Å². The number of carbonyl (C=O) groups excluding carboxylic acids is 2. The van der Waals surface area contributed by atoms with E-state index in [1.54, 1.807) is 11.0 Å². The largest absolute Gasteiger partial charge is 0.376 e. The molecule has 7 heteroatoms. The molecule has 2 rings (SSSR count). The van der Waals surface area contributed by atoms with Crippen LogP contribution in [0.5, 0.6) is 0 Å². The average molecular weight is 337 g/mol. The number of hydrogen-bond donors (Lipinski definition) is 2. The molecule has 1 aromatic carbocycles. The second kappa shape index (κ2) is 9.22. The molecule has 1 heterocycles. The average Bonchev–Trinajstić information content (AvgIpc) is 3.09. The van der Waals surface area contributed by atoms with Crippen LogP contribution < -0.4 is 10.6 Å². The number of carbonyl (C=O) groups is 2. The lowest BCUT2D eigenvalue weighted by Crippen LogP contribution is -2.45. The minimum absolute atomic E-state index is 0.00241. The molecule has 1 aliphatic heterocycles. The molecular weight excluding hydrogens is 313 g/mol. The monoisotopic (exact) mass is 337 g/mol. The summed E-state index contributed by atoms with van der Waals surface area (Å²) in [6, 6.07) is 5.60. The number of benzene rings is 1. The van der Waals surface area contributed by atoms with E-state index in [0.717, 1.165) is 19.4 Å². The van der Waals surface area contributed by atoms with Gasteiger partial charge >= 0.3 is 6.03 Å². The number of urea groups is 1. The van der Waals surface area contributed by atoms with Crippen LogP contribution in [0.1, 0.15) is 30.1 Å². The van der Waals surface area contributed by atoms with E-state index in [9.17, 15) is 14.0 Å². The van der Waals surface area contributed by atoms with Crippen LogP contribution in [0.25, 0.3) is 0 Å². The molecule has 1 aromatic rings. The van der Waals surface area contributed by atoms with Crippen LogP contribution in [0.4, 0.5) is 9.18 Å². The van der Waals surface area contributed by atoms with Crippen molar-refractivity contribution in [1.29, 1.82) is 0 Å². The summed E-state index contributed by atoms with van der Waals surface area (Å²) in [7, 11) is 0. The van der Waals surface area contributed by atoms with Gasteiger partial charge in [-0.1, -0.05) is 12.1 Å². The van der Waals surface area contributed by atoms with Gasteiger partial charge < -0.3 is 20.3 Å². The highest BCUT2D eigenvalue weighted by Crippen LogP contribution is 2.13. The zero-order chi connectivity index (χ0) is 17.4. The van der Waals surface area contributed by atoms with Gasteiger partial charge in [0.1, 0.15) is 5.82 Å². The van der Waals surface area contributed by atoms with E-state index in [2.05, 4.69) is 10.6 Å². The Bertz CT molecular complexity index is 562. The normalized spacial score (nSPS) is 16.7. The molecule has 0 saturated carbocycles. The zero-order valence-electron chi connectivity index (χ0n) is 13.9. The van der Waals surface area contributed by atoms with E-state index in [4.69, 9.17) is 4.74 Å². The highest BCUT2D eigenvalue weighted by atomic mass is 19.1. The second-order valence-corrected chi connectivity index (χ2v) is 5.64. The van der Waals surface area contributed by atoms with Crippen molar-refractivity contribution in [3.05, 3.63) is 35.6 Å². The molecule has 6 nitrogen and oxygen atoms in total. The molecule has 0 spiro atoms. The van der Waals surface area contributed by atoms with Gasteiger partial charge in [-0.05, 0) is 31.9 Å². The number of nitrogens with zero attached hydrogens (tertiary/aromatic N) is 1. The van der Waals surface area contributed by atoms with Crippen LogP contribution in [-0.2, 0) is 4.74 Å². The third kappa shape index (κ3) is 5.19. The van der Waals surface area contributed by atoms with Crippen molar-refractivity contribution < 1.29 is 18.7 Å². The standard InChI is InChI=1S/C17H24FN3O3/c1-2-21(12-13-6-5-11-24-13)17(23)20-10-9-19-16(22)14-7-3-4-8-15(14)18/h3-4,7-8,13H,2,5-6,9-12H2,1H3,(H,19,22)(H,20,23). The number of ether oxygens (including phenoxy) is 1. The Morgan fingerprint density at radius 3 is 2.71 bits per heavy atom. The van der Waals surface area contributed by atoms with Crippen LogP contribution in [0.2, 0.25) is 0 Å². The van der Waals surface area contributed by atoms with Gasteiger partial charge in [-0.15, -0.1) is 0 Å². The van der Waals surface area contributed by atoms with Gasteiger partial charge in [0, 0.05) is 32.8 Å². The molecule has 2 N–H and O–H groups in total. The van der Waals surface area contributed by atoms with Crippen molar-refractivity contribution in [2.75, 3.05) is 32.8 Å². The third-order valence-corrected chi connectivity index (χ3v) is 3.92. The predicted molar refractivity (Wildman–Crippen MR) is 88.4 cm³/mol. The first-order valence-corrected chi connectivity index (χ1v) is 8.29. The maximum Gasteiger partial charge on any atom is 0.317 e. The van der Waals surface area contributed by atoms with E-state index in [-0.39, 0.29) is 30.8 Å². The number of rotatable bonds is 7. The third-order valence-electron chi connectivity index (χ3n) is 3.92. The number of likely N-dealkylation sites (N-methyl/N-ethyl adjacent to an activating group) is 1. The maximum atomic E-state index is 13.5. The first-order chi connectivity index (χ1) is 11.6. The summed E-state index contributed by atoms with van der Waals surface area (Å²) in [6.45, 7) is 4.34. The number of nitrogens with one attached hydrogen (secondary N) is 2. The van der Waals surface area contributed by atoms with Gasteiger partial charge in [-0.2, -0.15) is 0 Å². The Morgan fingerprint density at radius 2 is 2.04 bits per heavy atom. The molecule has 0 radical (unpaired) electrons. The first-order valence-electron chi connectivity index (χ1n) is 8.29. The fraction of sp³-hybridized carbons (Fsp3) is 0.529. The predicted octanol–water partition coefficient (Wildman–Crippen LogP) is 1.77. The van der Waals surface area contributed by atoms with Crippen molar-refractivity contribution >= 4 is 11.9 Å².